The molecule has 2 aromatic rings. The minimum atomic E-state index is 1.11. The Labute approximate surface area is 101 Å². The zero-order valence-corrected chi connectivity index (χ0v) is 11.4. The molecule has 0 bridgehead atoms. The average molecular weight is 287 g/mol. The van der Waals surface area contributed by atoms with E-state index in [-0.39, 0.29) is 0 Å². The Bertz CT molecular complexity index is 419. The predicted octanol–water partition coefficient (Wildman–Crippen LogP) is 4.95. The molecule has 1 heterocycles. The van der Waals surface area contributed by atoms with Crippen molar-refractivity contribution in [3.8, 4) is 0 Å². The van der Waals surface area contributed by atoms with Crippen LogP contribution in [0.15, 0.2) is 26.9 Å². The third-order valence-electron chi connectivity index (χ3n) is 2.27. The van der Waals surface area contributed by atoms with Gasteiger partial charge < -0.3 is 0 Å². The van der Waals surface area contributed by atoms with Crippen LogP contribution in [0, 0.1) is 0 Å². The summed E-state index contributed by atoms with van der Waals surface area (Å²) in [4.78, 5) is 1.41. The fourth-order valence-corrected chi connectivity index (χ4v) is 3.90. The molecule has 0 fully saturated rings. The predicted molar refractivity (Wildman–Crippen MR) is 70.7 cm³/mol. The summed E-state index contributed by atoms with van der Waals surface area (Å²) < 4.78 is 2.59. The van der Waals surface area contributed by atoms with Crippen LogP contribution in [0.2, 0.25) is 0 Å². The van der Waals surface area contributed by atoms with Crippen molar-refractivity contribution in [1.29, 1.82) is 0 Å². The summed E-state index contributed by atoms with van der Waals surface area (Å²) >= 11 is 7.17. The van der Waals surface area contributed by atoms with E-state index in [0.717, 1.165) is 6.42 Å². The molecule has 0 spiro atoms. The number of fused-ring (bicyclic) bond motifs is 1. The van der Waals surface area contributed by atoms with Gasteiger partial charge in [-0.25, -0.2) is 0 Å². The highest BCUT2D eigenvalue weighted by Gasteiger charge is 2.05. The maximum Gasteiger partial charge on any atom is 0.0711 e. The molecule has 74 valence electrons. The van der Waals surface area contributed by atoms with Gasteiger partial charge in [-0.2, -0.15) is 0 Å². The molecule has 14 heavy (non-hydrogen) atoms. The zero-order valence-electron chi connectivity index (χ0n) is 8.13. The van der Waals surface area contributed by atoms with E-state index in [1.165, 1.54) is 24.3 Å². The van der Waals surface area contributed by atoms with Crippen molar-refractivity contribution in [2.24, 2.45) is 0 Å². The van der Waals surface area contributed by atoms with Crippen LogP contribution in [0.3, 0.4) is 0 Å². The van der Waals surface area contributed by atoms with E-state index in [2.05, 4.69) is 47.3 Å². The molecule has 3 heteroatoms. The number of hydrogen-bond acceptors (Lipinski definition) is 2. The van der Waals surface area contributed by atoms with Gasteiger partial charge in [-0.1, -0.05) is 6.92 Å². The van der Waals surface area contributed by atoms with Crippen molar-refractivity contribution in [3.63, 3.8) is 0 Å². The molecule has 0 radical (unpaired) electrons. The van der Waals surface area contributed by atoms with Crippen molar-refractivity contribution in [2.75, 3.05) is 6.26 Å². The monoisotopic (exact) mass is 286 g/mol. The van der Waals surface area contributed by atoms with Gasteiger partial charge in [0, 0.05) is 9.60 Å². The first-order valence-electron chi connectivity index (χ1n) is 4.50. The smallest absolute Gasteiger partial charge is 0.0711 e. The summed E-state index contributed by atoms with van der Waals surface area (Å²) in [5.41, 5.74) is 1.45. The lowest BCUT2D eigenvalue weighted by molar-refractivity contribution is 1.09. The first-order valence-corrected chi connectivity index (χ1v) is 7.34. The Morgan fingerprint density at radius 3 is 2.79 bits per heavy atom. The molecule has 0 aliphatic carbocycles. The van der Waals surface area contributed by atoms with Crippen LogP contribution in [0.5, 0.6) is 0 Å². The molecule has 0 aliphatic rings. The van der Waals surface area contributed by atoms with E-state index in [1.807, 2.05) is 11.8 Å². The van der Waals surface area contributed by atoms with E-state index in [1.54, 1.807) is 11.3 Å². The standard InChI is InChI=1S/C11H11BrS2/c1-3-7-4-8-5-11(12)14-10(8)6-9(7)13-2/h4-6H,3H2,1-2H3. The second-order valence-electron chi connectivity index (χ2n) is 3.11. The first kappa shape index (κ1) is 10.5. The Hall–Kier alpha value is 0.01000. The van der Waals surface area contributed by atoms with Crippen LogP contribution in [-0.2, 0) is 6.42 Å². The van der Waals surface area contributed by atoms with E-state index in [4.69, 9.17) is 0 Å². The fraction of sp³-hybridized carbons (Fsp3) is 0.273. The van der Waals surface area contributed by atoms with Crippen molar-refractivity contribution in [2.45, 2.75) is 18.2 Å². The van der Waals surface area contributed by atoms with Gasteiger partial charge in [0.25, 0.3) is 0 Å². The number of thiophene rings is 1. The lowest BCUT2D eigenvalue weighted by atomic mass is 10.1. The lowest BCUT2D eigenvalue weighted by Crippen LogP contribution is -1.83. The SMILES string of the molecule is CCc1cc2cc(Br)sc2cc1SC. The van der Waals surface area contributed by atoms with E-state index >= 15 is 0 Å². The highest BCUT2D eigenvalue weighted by atomic mass is 79.9. The van der Waals surface area contributed by atoms with E-state index < -0.39 is 0 Å². The largest absolute Gasteiger partial charge is 0.129 e. The molecule has 0 saturated heterocycles. The quantitative estimate of drug-likeness (QED) is 0.704. The Morgan fingerprint density at radius 2 is 2.14 bits per heavy atom. The zero-order chi connectivity index (χ0) is 10.1. The Kier molecular flexibility index (Phi) is 3.20. The molecule has 0 N–H and O–H groups in total. The van der Waals surface area contributed by atoms with Crippen molar-refractivity contribution < 1.29 is 0 Å². The van der Waals surface area contributed by atoms with Crippen molar-refractivity contribution in [3.05, 3.63) is 27.5 Å². The molecular weight excluding hydrogens is 276 g/mol. The van der Waals surface area contributed by atoms with Crippen LogP contribution in [0.4, 0.5) is 0 Å². The van der Waals surface area contributed by atoms with Crippen LogP contribution in [0.1, 0.15) is 12.5 Å². The summed E-state index contributed by atoms with van der Waals surface area (Å²) in [6.45, 7) is 2.21. The lowest BCUT2D eigenvalue weighted by Gasteiger charge is -2.04. The summed E-state index contributed by atoms with van der Waals surface area (Å²) in [6, 6.07) is 6.81. The fourth-order valence-electron chi connectivity index (χ4n) is 1.55. The van der Waals surface area contributed by atoms with Crippen LogP contribution in [-0.4, -0.2) is 6.26 Å². The number of rotatable bonds is 2. The summed E-state index contributed by atoms with van der Waals surface area (Å²) in [5, 5.41) is 1.36. The number of hydrogen-bond donors (Lipinski definition) is 0. The maximum absolute atomic E-state index is 3.53. The second kappa shape index (κ2) is 4.25. The molecule has 1 aromatic heterocycles. The molecule has 1 aromatic carbocycles. The van der Waals surface area contributed by atoms with Crippen LogP contribution >= 0.6 is 39.0 Å². The molecule has 0 aliphatic heterocycles. The molecule has 0 amide bonds. The summed E-state index contributed by atoms with van der Waals surface area (Å²) in [7, 11) is 0. The number of halogens is 1. The summed E-state index contributed by atoms with van der Waals surface area (Å²) in [6.07, 6.45) is 3.25. The minimum absolute atomic E-state index is 1.11. The molecule has 0 unspecified atom stereocenters. The van der Waals surface area contributed by atoms with Gasteiger partial charge in [0.1, 0.15) is 0 Å². The number of benzene rings is 1. The molecule has 0 nitrogen and oxygen atoms in total. The van der Waals surface area contributed by atoms with Gasteiger partial charge in [0.2, 0.25) is 0 Å². The van der Waals surface area contributed by atoms with Crippen LogP contribution in [0.25, 0.3) is 10.1 Å². The highest BCUT2D eigenvalue weighted by Crippen LogP contribution is 2.34. The Balaban J connectivity index is 2.68. The molecule has 2 rings (SSSR count). The highest BCUT2D eigenvalue weighted by molar-refractivity contribution is 9.11. The van der Waals surface area contributed by atoms with Gasteiger partial charge in [-0.05, 0) is 57.8 Å². The molecule has 0 atom stereocenters. The average Bonchev–Trinajstić information content (AvgIpc) is 2.54. The van der Waals surface area contributed by atoms with Gasteiger partial charge in [0.15, 0.2) is 0 Å². The second-order valence-corrected chi connectivity index (χ2v) is 6.42. The maximum atomic E-state index is 3.53. The number of aryl methyl sites for hydroxylation is 1. The molecular formula is C11H11BrS2. The van der Waals surface area contributed by atoms with Gasteiger partial charge >= 0.3 is 0 Å². The molecule has 0 saturated carbocycles. The van der Waals surface area contributed by atoms with E-state index in [0.29, 0.717) is 0 Å². The normalized spacial score (nSPS) is 11.1. The van der Waals surface area contributed by atoms with Crippen LogP contribution < -0.4 is 0 Å². The van der Waals surface area contributed by atoms with E-state index in [9.17, 15) is 0 Å². The Morgan fingerprint density at radius 1 is 1.36 bits per heavy atom. The van der Waals surface area contributed by atoms with Gasteiger partial charge in [-0.3, -0.25) is 0 Å². The van der Waals surface area contributed by atoms with Crippen molar-refractivity contribution in [1.82, 2.24) is 0 Å². The van der Waals surface area contributed by atoms with Gasteiger partial charge in [0.05, 0.1) is 3.79 Å². The third-order valence-corrected chi connectivity index (χ3v) is 4.69. The van der Waals surface area contributed by atoms with Crippen molar-refractivity contribution >= 4 is 49.1 Å². The van der Waals surface area contributed by atoms with Gasteiger partial charge in [-0.15, -0.1) is 23.1 Å². The third kappa shape index (κ3) is 1.86. The topological polar surface area (TPSA) is 0 Å². The minimum Gasteiger partial charge on any atom is -0.129 e. The first-order chi connectivity index (χ1) is 6.74. The summed E-state index contributed by atoms with van der Waals surface area (Å²) in [5.74, 6) is 0. The number of thioether (sulfide) groups is 1.